The van der Waals surface area contributed by atoms with Crippen LogP contribution in [0, 0.1) is 0 Å². The fourth-order valence-corrected chi connectivity index (χ4v) is 4.70. The molecule has 3 aromatic rings. The number of carbonyl (C=O) groups is 1. The van der Waals surface area contributed by atoms with Crippen molar-refractivity contribution in [2.24, 2.45) is 0 Å². The molecule has 1 aromatic carbocycles. The van der Waals surface area contributed by atoms with Crippen LogP contribution >= 0.6 is 0 Å². The highest BCUT2D eigenvalue weighted by atomic mass is 19.4. The van der Waals surface area contributed by atoms with Gasteiger partial charge in [-0.1, -0.05) is 6.42 Å². The minimum absolute atomic E-state index is 0.0137. The summed E-state index contributed by atoms with van der Waals surface area (Å²) in [5.41, 5.74) is -1.25. The van der Waals surface area contributed by atoms with Crippen LogP contribution in [0.5, 0.6) is 0 Å². The van der Waals surface area contributed by atoms with E-state index in [1.54, 1.807) is 4.90 Å². The molecule has 174 valence electrons. The molecule has 0 atom stereocenters. The van der Waals surface area contributed by atoms with Crippen LogP contribution in [0.1, 0.15) is 65.8 Å². The monoisotopic (exact) mass is 461 g/mol. The maximum atomic E-state index is 13.2. The number of aromatic amines is 2. The molecule has 1 saturated heterocycles. The number of H-pyrrole nitrogens is 2. The third kappa shape index (κ3) is 3.85. The van der Waals surface area contributed by atoms with E-state index in [4.69, 9.17) is 0 Å². The number of rotatable bonds is 3. The van der Waals surface area contributed by atoms with Crippen LogP contribution < -0.4 is 11.2 Å². The van der Waals surface area contributed by atoms with Gasteiger partial charge in [0.2, 0.25) is 0 Å². The van der Waals surface area contributed by atoms with Gasteiger partial charge in [0.15, 0.2) is 0 Å². The Morgan fingerprint density at radius 3 is 2.42 bits per heavy atom. The van der Waals surface area contributed by atoms with Gasteiger partial charge in [-0.05, 0) is 43.9 Å². The summed E-state index contributed by atoms with van der Waals surface area (Å²) >= 11 is 0. The third-order valence-corrected chi connectivity index (χ3v) is 6.68. The van der Waals surface area contributed by atoms with E-state index in [0.717, 1.165) is 43.4 Å². The Bertz CT molecular complexity index is 1330. The summed E-state index contributed by atoms with van der Waals surface area (Å²) in [6.07, 6.45) is 0.843. The Hall–Kier alpha value is -3.37. The van der Waals surface area contributed by atoms with Crippen molar-refractivity contribution in [3.8, 4) is 0 Å². The number of hydrogen-bond donors (Lipinski definition) is 2. The van der Waals surface area contributed by atoms with Crippen molar-refractivity contribution in [1.29, 1.82) is 0 Å². The number of alkyl halides is 3. The molecule has 1 amide bonds. The van der Waals surface area contributed by atoms with Gasteiger partial charge in [-0.25, -0.2) is 9.78 Å². The van der Waals surface area contributed by atoms with Gasteiger partial charge in [-0.15, -0.1) is 0 Å². The van der Waals surface area contributed by atoms with Crippen LogP contribution in [0.3, 0.4) is 0 Å². The minimum atomic E-state index is -4.43. The molecule has 1 aliphatic carbocycles. The van der Waals surface area contributed by atoms with Crippen LogP contribution in [0.15, 0.2) is 34.0 Å². The first kappa shape index (κ1) is 21.5. The largest absolute Gasteiger partial charge is 0.416 e. The smallest absolute Gasteiger partial charge is 0.338 e. The predicted octanol–water partition coefficient (Wildman–Crippen LogP) is 3.18. The second-order valence-corrected chi connectivity index (χ2v) is 8.68. The number of nitrogens with one attached hydrogen (secondary N) is 2. The summed E-state index contributed by atoms with van der Waals surface area (Å²) in [5.74, 6) is 0.582. The van der Waals surface area contributed by atoms with E-state index in [9.17, 15) is 27.6 Å². The van der Waals surface area contributed by atoms with E-state index in [-0.39, 0.29) is 17.5 Å². The summed E-state index contributed by atoms with van der Waals surface area (Å²) < 4.78 is 41.7. The molecule has 33 heavy (non-hydrogen) atoms. The van der Waals surface area contributed by atoms with Gasteiger partial charge in [0.05, 0.1) is 16.6 Å². The number of nitrogens with zero attached hydrogens (tertiary/aromatic N) is 3. The first-order valence-corrected chi connectivity index (χ1v) is 10.9. The lowest BCUT2D eigenvalue weighted by Crippen LogP contribution is -2.42. The zero-order valence-corrected chi connectivity index (χ0v) is 17.6. The van der Waals surface area contributed by atoms with Crippen LogP contribution in [-0.2, 0) is 6.18 Å². The van der Waals surface area contributed by atoms with Crippen LogP contribution in [0.2, 0.25) is 0 Å². The number of amides is 1. The van der Waals surface area contributed by atoms with Crippen molar-refractivity contribution < 1.29 is 18.0 Å². The molecule has 11 heteroatoms. The second-order valence-electron chi connectivity index (χ2n) is 8.68. The van der Waals surface area contributed by atoms with E-state index in [0.29, 0.717) is 37.0 Å². The normalized spacial score (nSPS) is 18.0. The summed E-state index contributed by atoms with van der Waals surface area (Å²) in [7, 11) is 0. The average Bonchev–Trinajstić information content (AvgIpc) is 3.09. The van der Waals surface area contributed by atoms with E-state index >= 15 is 0 Å². The minimum Gasteiger partial charge on any atom is -0.338 e. The zero-order valence-electron chi connectivity index (χ0n) is 17.6. The fraction of sp³-hybridized carbons (Fsp3) is 0.455. The first-order valence-electron chi connectivity index (χ1n) is 10.9. The van der Waals surface area contributed by atoms with E-state index < -0.39 is 28.9 Å². The summed E-state index contributed by atoms with van der Waals surface area (Å²) in [6.45, 7) is 0.763. The van der Waals surface area contributed by atoms with E-state index in [1.807, 2.05) is 0 Å². The molecular formula is C22H22F3N5O3. The number of carbonyl (C=O) groups excluding carboxylic acids is 1. The molecule has 1 aliphatic heterocycles. The highest BCUT2D eigenvalue weighted by Crippen LogP contribution is 2.41. The Balaban J connectivity index is 1.42. The molecule has 5 rings (SSSR count). The lowest BCUT2D eigenvalue weighted by molar-refractivity contribution is -0.137. The maximum absolute atomic E-state index is 13.2. The average molecular weight is 461 g/mol. The molecule has 1 saturated carbocycles. The lowest BCUT2D eigenvalue weighted by atomic mass is 9.84. The Kier molecular flexibility index (Phi) is 5.13. The Labute approximate surface area is 185 Å². The predicted molar refractivity (Wildman–Crippen MR) is 113 cm³/mol. The third-order valence-electron chi connectivity index (χ3n) is 6.68. The molecule has 0 spiro atoms. The van der Waals surface area contributed by atoms with Crippen molar-refractivity contribution in [2.45, 2.75) is 50.2 Å². The van der Waals surface area contributed by atoms with Gasteiger partial charge in [0, 0.05) is 31.2 Å². The fourth-order valence-electron chi connectivity index (χ4n) is 4.70. The molecule has 0 unspecified atom stereocenters. The van der Waals surface area contributed by atoms with Crippen molar-refractivity contribution in [1.82, 2.24) is 24.4 Å². The molecule has 0 bridgehead atoms. The molecule has 8 nitrogen and oxygen atoms in total. The van der Waals surface area contributed by atoms with Crippen LogP contribution in [0.4, 0.5) is 13.2 Å². The van der Waals surface area contributed by atoms with Crippen molar-refractivity contribution in [3.05, 3.63) is 62.2 Å². The zero-order chi connectivity index (χ0) is 23.3. The van der Waals surface area contributed by atoms with Crippen molar-refractivity contribution in [3.63, 3.8) is 0 Å². The maximum Gasteiger partial charge on any atom is 0.416 e. The highest BCUT2D eigenvalue weighted by molar-refractivity contribution is 5.93. The number of imidazole rings is 1. The number of likely N-dealkylation sites (tertiary alicyclic amines) is 1. The Morgan fingerprint density at radius 2 is 1.82 bits per heavy atom. The Morgan fingerprint density at radius 1 is 1.09 bits per heavy atom. The van der Waals surface area contributed by atoms with Gasteiger partial charge >= 0.3 is 11.9 Å². The van der Waals surface area contributed by atoms with Crippen LogP contribution in [-0.4, -0.2) is 43.4 Å². The van der Waals surface area contributed by atoms with Crippen LogP contribution in [0.25, 0.3) is 11.0 Å². The summed E-state index contributed by atoms with van der Waals surface area (Å²) in [5, 5.41) is 0. The SMILES string of the molecule is O=C(c1c[nH]c(=O)[nH]c1=O)N1CCC(n2c(C3CCC3)nc3cc(C(F)(F)F)ccc32)CC1. The topological polar surface area (TPSA) is 104 Å². The summed E-state index contributed by atoms with van der Waals surface area (Å²) in [4.78, 5) is 46.5. The number of fused-ring (bicyclic) bond motifs is 1. The molecule has 2 aliphatic rings. The van der Waals surface area contributed by atoms with Gasteiger partial charge in [0.25, 0.3) is 11.5 Å². The number of benzene rings is 1. The molecule has 3 heterocycles. The molecule has 2 aromatic heterocycles. The van der Waals surface area contributed by atoms with Crippen molar-refractivity contribution in [2.75, 3.05) is 13.1 Å². The molecule has 2 fully saturated rings. The molecular weight excluding hydrogens is 439 g/mol. The van der Waals surface area contributed by atoms with Gasteiger partial charge in [-0.3, -0.25) is 14.6 Å². The van der Waals surface area contributed by atoms with E-state index in [1.165, 1.54) is 6.07 Å². The van der Waals surface area contributed by atoms with Gasteiger partial charge in [0.1, 0.15) is 11.4 Å². The van der Waals surface area contributed by atoms with Gasteiger partial charge in [-0.2, -0.15) is 13.2 Å². The van der Waals surface area contributed by atoms with E-state index in [2.05, 4.69) is 19.5 Å². The number of halogens is 3. The molecule has 0 radical (unpaired) electrons. The molecule has 2 N–H and O–H groups in total. The number of aromatic nitrogens is 4. The number of hydrogen-bond acceptors (Lipinski definition) is 4. The standard InChI is InChI=1S/C22H22F3N5O3/c23-22(24,25)13-4-5-17-16(10-13)27-18(12-2-1-3-12)30(17)14-6-8-29(9-7-14)20(32)15-11-26-21(33)28-19(15)31/h4-5,10-12,14H,1-3,6-9H2,(H2,26,28,31,33). The second kappa shape index (κ2) is 7.89. The quantitative estimate of drug-likeness (QED) is 0.625. The highest BCUT2D eigenvalue weighted by Gasteiger charge is 2.34. The lowest BCUT2D eigenvalue weighted by Gasteiger charge is -2.35. The number of piperidine rings is 1. The van der Waals surface area contributed by atoms with Crippen molar-refractivity contribution >= 4 is 16.9 Å². The van der Waals surface area contributed by atoms with Gasteiger partial charge < -0.3 is 14.5 Å². The summed E-state index contributed by atoms with van der Waals surface area (Å²) in [6, 6.07) is 3.67. The first-order chi connectivity index (χ1) is 15.7.